The predicted molar refractivity (Wildman–Crippen MR) is 79.8 cm³/mol. The van der Waals surface area contributed by atoms with Crippen LogP contribution >= 0.6 is 0 Å². The number of hydrogen-bond acceptors (Lipinski definition) is 4. The van der Waals surface area contributed by atoms with Crippen LogP contribution in [0.1, 0.15) is 21.5 Å². The van der Waals surface area contributed by atoms with E-state index in [1.165, 1.54) is 7.05 Å². The smallest absolute Gasteiger partial charge is 0.417 e. The van der Waals surface area contributed by atoms with Crippen molar-refractivity contribution in [2.45, 2.75) is 11.1 Å². The largest absolute Gasteiger partial charge is 0.495 e. The Morgan fingerprint density at radius 3 is 2.33 bits per heavy atom. The zero-order valence-electron chi connectivity index (χ0n) is 12.9. The molecule has 0 saturated carbocycles. The summed E-state index contributed by atoms with van der Waals surface area (Å²) in [5.41, 5.74) is -2.32. The molecule has 1 unspecified atom stereocenters. The van der Waals surface area contributed by atoms with E-state index in [9.17, 15) is 27.0 Å². The summed E-state index contributed by atoms with van der Waals surface area (Å²) in [5.74, 6) is -1.28. The highest BCUT2D eigenvalue weighted by molar-refractivity contribution is 7.84. The van der Waals surface area contributed by atoms with Crippen LogP contribution in [0.25, 0.3) is 0 Å². The highest BCUT2D eigenvalue weighted by Gasteiger charge is 2.37. The van der Waals surface area contributed by atoms with E-state index in [2.05, 4.69) is 5.10 Å². The molecule has 0 amide bonds. The molecule has 0 fully saturated rings. The third kappa shape index (κ3) is 3.01. The van der Waals surface area contributed by atoms with Crippen molar-refractivity contribution >= 4 is 16.6 Å². The molecule has 0 saturated heterocycles. The second kappa shape index (κ2) is 6.27. The molecule has 2 rings (SSSR count). The molecular formula is C14H13F3N2O4S. The number of ketones is 1. The van der Waals surface area contributed by atoms with Crippen molar-refractivity contribution in [3.63, 3.8) is 0 Å². The van der Waals surface area contributed by atoms with Crippen LogP contribution in [0, 0.1) is 0 Å². The number of ether oxygens (including phenoxy) is 1. The van der Waals surface area contributed by atoms with Crippen molar-refractivity contribution in [3.05, 3.63) is 45.4 Å². The van der Waals surface area contributed by atoms with E-state index < -0.39 is 44.5 Å². The Bertz CT molecular complexity index is 883. The van der Waals surface area contributed by atoms with E-state index in [-0.39, 0.29) is 11.1 Å². The van der Waals surface area contributed by atoms with Crippen LogP contribution in [0.5, 0.6) is 5.75 Å². The molecule has 0 aliphatic heterocycles. The van der Waals surface area contributed by atoms with Gasteiger partial charge in [-0.15, -0.1) is 0 Å². The van der Waals surface area contributed by atoms with Gasteiger partial charge in [0.1, 0.15) is 11.3 Å². The van der Waals surface area contributed by atoms with Gasteiger partial charge in [0.05, 0.1) is 33.9 Å². The topological polar surface area (TPSA) is 81.2 Å². The number of hydrogen-bond donors (Lipinski definition) is 1. The zero-order valence-corrected chi connectivity index (χ0v) is 13.7. The number of methoxy groups -OCH3 is 1. The Balaban J connectivity index is 2.75. The van der Waals surface area contributed by atoms with Crippen LogP contribution in [0.15, 0.2) is 28.0 Å². The van der Waals surface area contributed by atoms with E-state index in [0.29, 0.717) is 6.07 Å². The summed E-state index contributed by atoms with van der Waals surface area (Å²) in [6.45, 7) is 0. The zero-order chi connectivity index (χ0) is 18.2. The van der Waals surface area contributed by atoms with Crippen LogP contribution in [0.3, 0.4) is 0 Å². The summed E-state index contributed by atoms with van der Waals surface area (Å²) in [6, 6.07) is 1.57. The number of carbonyl (C=O) groups is 1. The van der Waals surface area contributed by atoms with Crippen molar-refractivity contribution in [2.24, 2.45) is 7.05 Å². The van der Waals surface area contributed by atoms with Gasteiger partial charge in [-0.1, -0.05) is 0 Å². The lowest BCUT2D eigenvalue weighted by Gasteiger charge is -2.17. The second-order valence-electron chi connectivity index (χ2n) is 4.86. The first kappa shape index (κ1) is 18.0. The Hall–Kier alpha value is -2.36. The molecular weight excluding hydrogens is 349 g/mol. The maximum Gasteiger partial charge on any atom is 0.417 e. The summed E-state index contributed by atoms with van der Waals surface area (Å²) in [5, 5.41) is 2.50. The highest BCUT2D eigenvalue weighted by Crippen LogP contribution is 2.40. The molecule has 130 valence electrons. The van der Waals surface area contributed by atoms with Gasteiger partial charge in [-0.05, 0) is 12.1 Å². The lowest BCUT2D eigenvalue weighted by atomic mass is 10.0. The quantitative estimate of drug-likeness (QED) is 0.840. The summed E-state index contributed by atoms with van der Waals surface area (Å²) < 4.78 is 57.1. The molecule has 1 N–H and O–H groups in total. The first-order chi connectivity index (χ1) is 11.1. The summed E-state index contributed by atoms with van der Waals surface area (Å²) >= 11 is 0. The first-order valence-electron chi connectivity index (χ1n) is 6.50. The molecule has 1 heterocycles. The predicted octanol–water partition coefficient (Wildman–Crippen LogP) is 1.71. The minimum Gasteiger partial charge on any atom is -0.495 e. The monoisotopic (exact) mass is 362 g/mol. The SMILES string of the molecule is COc1c(C(=O)c2c[nH]n(C)c2=O)ccc(C(F)(F)F)c1S(C)=O. The Labute approximate surface area is 136 Å². The standard InChI is InChI=1S/C14H13F3N2O4S/c1-19-13(21)8(6-18-19)10(20)7-4-5-9(14(15,16)17)12(24(3)22)11(7)23-2/h4-6,18H,1-3H3. The molecule has 1 aromatic heterocycles. The molecule has 0 bridgehead atoms. The van der Waals surface area contributed by atoms with Crippen LogP contribution in [0.2, 0.25) is 0 Å². The van der Waals surface area contributed by atoms with Gasteiger partial charge < -0.3 is 9.84 Å². The lowest BCUT2D eigenvalue weighted by Crippen LogP contribution is -2.20. The van der Waals surface area contributed by atoms with Crippen LogP contribution in [-0.4, -0.2) is 33.1 Å². The average Bonchev–Trinajstić information content (AvgIpc) is 2.83. The molecule has 24 heavy (non-hydrogen) atoms. The number of nitrogens with zero attached hydrogens (tertiary/aromatic N) is 1. The average molecular weight is 362 g/mol. The molecule has 10 heteroatoms. The van der Waals surface area contributed by atoms with Gasteiger partial charge in [0.2, 0.25) is 5.78 Å². The summed E-state index contributed by atoms with van der Waals surface area (Å²) in [7, 11) is 0.382. The number of aromatic amines is 1. The van der Waals surface area contributed by atoms with Gasteiger partial charge in [-0.25, -0.2) is 0 Å². The van der Waals surface area contributed by atoms with Crippen molar-refractivity contribution in [1.82, 2.24) is 9.78 Å². The number of aromatic nitrogens is 2. The van der Waals surface area contributed by atoms with Gasteiger partial charge in [0.25, 0.3) is 5.56 Å². The minimum absolute atomic E-state index is 0.261. The third-order valence-corrected chi connectivity index (χ3v) is 4.32. The Morgan fingerprint density at radius 2 is 1.92 bits per heavy atom. The van der Waals surface area contributed by atoms with E-state index in [1.54, 1.807) is 0 Å². The molecule has 1 atom stereocenters. The van der Waals surface area contributed by atoms with Crippen molar-refractivity contribution in [2.75, 3.05) is 13.4 Å². The van der Waals surface area contributed by atoms with Gasteiger partial charge in [0, 0.05) is 19.5 Å². The van der Waals surface area contributed by atoms with Crippen molar-refractivity contribution < 1.29 is 26.9 Å². The molecule has 0 aliphatic rings. The fourth-order valence-electron chi connectivity index (χ4n) is 2.22. The third-order valence-electron chi connectivity index (χ3n) is 3.34. The molecule has 0 radical (unpaired) electrons. The number of halogens is 3. The molecule has 0 spiro atoms. The summed E-state index contributed by atoms with van der Waals surface area (Å²) in [4.78, 5) is 23.7. The molecule has 2 aromatic rings. The number of nitrogens with one attached hydrogen (secondary N) is 1. The number of alkyl halides is 3. The van der Waals surface area contributed by atoms with Crippen molar-refractivity contribution in [1.29, 1.82) is 0 Å². The van der Waals surface area contributed by atoms with E-state index in [1.807, 2.05) is 0 Å². The molecule has 1 aromatic carbocycles. The van der Waals surface area contributed by atoms with Crippen LogP contribution in [-0.2, 0) is 24.0 Å². The number of carbonyl (C=O) groups excluding carboxylic acids is 1. The Kier molecular flexibility index (Phi) is 4.70. The van der Waals surface area contributed by atoms with Gasteiger partial charge in [-0.3, -0.25) is 18.5 Å². The highest BCUT2D eigenvalue weighted by atomic mass is 32.2. The fourth-order valence-corrected chi connectivity index (χ4v) is 3.17. The Morgan fingerprint density at radius 1 is 1.29 bits per heavy atom. The minimum atomic E-state index is -4.76. The van der Waals surface area contributed by atoms with Gasteiger partial charge >= 0.3 is 6.18 Å². The number of aryl methyl sites for hydroxylation is 1. The fraction of sp³-hybridized carbons (Fsp3) is 0.286. The second-order valence-corrected chi connectivity index (χ2v) is 6.17. The van der Waals surface area contributed by atoms with Crippen LogP contribution < -0.4 is 10.3 Å². The number of rotatable bonds is 4. The van der Waals surface area contributed by atoms with Crippen molar-refractivity contribution in [3.8, 4) is 5.75 Å². The van der Waals surface area contributed by atoms with Gasteiger partial charge in [0.15, 0.2) is 0 Å². The maximum atomic E-state index is 13.1. The normalized spacial score (nSPS) is 12.9. The number of H-pyrrole nitrogens is 1. The molecule has 6 nitrogen and oxygen atoms in total. The molecule has 0 aliphatic carbocycles. The summed E-state index contributed by atoms with van der Waals surface area (Å²) in [6.07, 6.45) is -2.57. The van der Waals surface area contributed by atoms with E-state index in [4.69, 9.17) is 4.74 Å². The van der Waals surface area contributed by atoms with Crippen LogP contribution in [0.4, 0.5) is 13.2 Å². The van der Waals surface area contributed by atoms with Gasteiger partial charge in [-0.2, -0.15) is 13.2 Å². The van der Waals surface area contributed by atoms with E-state index >= 15 is 0 Å². The maximum absolute atomic E-state index is 13.1. The van der Waals surface area contributed by atoms with E-state index in [0.717, 1.165) is 30.3 Å². The lowest BCUT2D eigenvalue weighted by molar-refractivity contribution is -0.140. The number of benzene rings is 1. The first-order valence-corrected chi connectivity index (χ1v) is 8.06.